The minimum absolute atomic E-state index is 0.0721. The molecule has 0 bridgehead atoms. The topological polar surface area (TPSA) is 70.1 Å². The van der Waals surface area contributed by atoms with Gasteiger partial charge in [0.05, 0.1) is 12.1 Å². The summed E-state index contributed by atoms with van der Waals surface area (Å²) >= 11 is 0. The third-order valence-electron chi connectivity index (χ3n) is 4.00. The van der Waals surface area contributed by atoms with Crippen LogP contribution in [0.15, 0.2) is 12.2 Å². The first-order chi connectivity index (χ1) is 8.72. The minimum atomic E-state index is -0.441. The van der Waals surface area contributed by atoms with Crippen LogP contribution in [0.25, 0.3) is 0 Å². The van der Waals surface area contributed by atoms with E-state index in [4.69, 9.17) is 11.0 Å². The Hall–Kier alpha value is -1.34. The molecule has 0 aromatic carbocycles. The van der Waals surface area contributed by atoms with Gasteiger partial charge in [-0.25, -0.2) is 0 Å². The molecule has 0 aromatic rings. The summed E-state index contributed by atoms with van der Waals surface area (Å²) in [4.78, 5) is 13.8. The summed E-state index contributed by atoms with van der Waals surface area (Å²) in [6.07, 6.45) is 10.6. The van der Waals surface area contributed by atoms with Gasteiger partial charge in [-0.2, -0.15) is 5.26 Å². The van der Waals surface area contributed by atoms with Crippen molar-refractivity contribution in [1.82, 2.24) is 4.90 Å². The minimum Gasteiger partial charge on any atom is -0.320 e. The lowest BCUT2D eigenvalue weighted by molar-refractivity contribution is -0.132. The van der Waals surface area contributed by atoms with Crippen LogP contribution in [0.2, 0.25) is 0 Å². The van der Waals surface area contributed by atoms with Gasteiger partial charge >= 0.3 is 0 Å². The molecule has 1 amide bonds. The number of hydrogen-bond donors (Lipinski definition) is 1. The Bertz CT molecular complexity index is 366. The van der Waals surface area contributed by atoms with Crippen LogP contribution in [0, 0.1) is 17.2 Å². The van der Waals surface area contributed by atoms with E-state index in [2.05, 4.69) is 6.07 Å². The van der Waals surface area contributed by atoms with E-state index >= 15 is 0 Å². The Morgan fingerprint density at radius 3 is 2.83 bits per heavy atom. The largest absolute Gasteiger partial charge is 0.320 e. The summed E-state index contributed by atoms with van der Waals surface area (Å²) in [6, 6.07) is 1.25. The fraction of sp³-hybridized carbons (Fsp3) is 0.714. The molecule has 2 rings (SSSR count). The highest BCUT2D eigenvalue weighted by atomic mass is 16.2. The molecule has 1 aliphatic carbocycles. The summed E-state index contributed by atoms with van der Waals surface area (Å²) in [5, 5.41) is 8.95. The molecule has 0 saturated heterocycles. The van der Waals surface area contributed by atoms with Crippen molar-refractivity contribution >= 4 is 5.91 Å². The molecule has 2 atom stereocenters. The third kappa shape index (κ3) is 2.91. The highest BCUT2D eigenvalue weighted by Crippen LogP contribution is 2.27. The quantitative estimate of drug-likeness (QED) is 0.770. The lowest BCUT2D eigenvalue weighted by Gasteiger charge is -2.27. The summed E-state index contributed by atoms with van der Waals surface area (Å²) < 4.78 is 0. The number of carbonyl (C=O) groups excluding carboxylic acids is 1. The summed E-state index contributed by atoms with van der Waals surface area (Å²) in [5.41, 5.74) is 6.02. The molecule has 2 aliphatic rings. The number of nitrogens with zero attached hydrogens (tertiary/aromatic N) is 2. The predicted octanol–water partition coefficient (Wildman–Crippen LogP) is 1.57. The molecule has 1 aliphatic heterocycles. The zero-order valence-corrected chi connectivity index (χ0v) is 10.7. The second-order valence-corrected chi connectivity index (χ2v) is 5.34. The Balaban J connectivity index is 1.86. The number of carbonyl (C=O) groups is 1. The van der Waals surface area contributed by atoms with E-state index in [-0.39, 0.29) is 5.91 Å². The van der Waals surface area contributed by atoms with Crippen molar-refractivity contribution in [3.05, 3.63) is 12.2 Å². The van der Waals surface area contributed by atoms with E-state index < -0.39 is 12.1 Å². The van der Waals surface area contributed by atoms with E-state index in [0.717, 1.165) is 6.42 Å². The van der Waals surface area contributed by atoms with Gasteiger partial charge in [-0.3, -0.25) is 4.79 Å². The van der Waals surface area contributed by atoms with Crippen molar-refractivity contribution < 1.29 is 4.79 Å². The van der Waals surface area contributed by atoms with Crippen molar-refractivity contribution in [3.8, 4) is 6.07 Å². The first-order valence-electron chi connectivity index (χ1n) is 6.84. The van der Waals surface area contributed by atoms with Gasteiger partial charge in [0.25, 0.3) is 0 Å². The lowest BCUT2D eigenvalue weighted by atomic mass is 9.84. The van der Waals surface area contributed by atoms with Crippen molar-refractivity contribution in [3.63, 3.8) is 0 Å². The third-order valence-corrected chi connectivity index (χ3v) is 4.00. The molecule has 98 valence electrons. The standard InChI is InChI=1S/C14H21N3O/c15-10-12-7-4-8-17(12)14(18)13(16)9-11-5-2-1-3-6-11/h4,7,11-13H,1-3,5-6,8-9,16H2/t12-,13?/m0/s1. The van der Waals surface area contributed by atoms with Gasteiger partial charge in [0.15, 0.2) is 0 Å². The lowest BCUT2D eigenvalue weighted by Crippen LogP contribution is -2.46. The predicted molar refractivity (Wildman–Crippen MR) is 69.4 cm³/mol. The summed E-state index contributed by atoms with van der Waals surface area (Å²) in [6.45, 7) is 0.523. The van der Waals surface area contributed by atoms with E-state index in [1.54, 1.807) is 11.0 Å². The van der Waals surface area contributed by atoms with Crippen molar-refractivity contribution in [1.29, 1.82) is 5.26 Å². The molecule has 0 spiro atoms. The van der Waals surface area contributed by atoms with Crippen LogP contribution in [-0.4, -0.2) is 29.4 Å². The highest BCUT2D eigenvalue weighted by molar-refractivity contribution is 5.83. The molecule has 2 N–H and O–H groups in total. The molecule has 1 fully saturated rings. The number of nitrogens with two attached hydrogens (primary N) is 1. The van der Waals surface area contributed by atoms with E-state index in [1.165, 1.54) is 32.1 Å². The maximum Gasteiger partial charge on any atom is 0.241 e. The van der Waals surface area contributed by atoms with E-state index in [9.17, 15) is 4.79 Å². The zero-order valence-electron chi connectivity index (χ0n) is 10.7. The maximum absolute atomic E-state index is 12.2. The molecule has 1 saturated carbocycles. The van der Waals surface area contributed by atoms with Crippen molar-refractivity contribution in [2.24, 2.45) is 11.7 Å². The first kappa shape index (κ1) is 13.1. The molecule has 0 radical (unpaired) electrons. The highest BCUT2D eigenvalue weighted by Gasteiger charge is 2.30. The molecule has 4 heteroatoms. The number of hydrogen-bond acceptors (Lipinski definition) is 3. The molecule has 4 nitrogen and oxygen atoms in total. The molecule has 18 heavy (non-hydrogen) atoms. The average Bonchev–Trinajstić information content (AvgIpc) is 2.87. The zero-order chi connectivity index (χ0) is 13.0. The average molecular weight is 247 g/mol. The fourth-order valence-corrected chi connectivity index (χ4v) is 2.96. The summed E-state index contributed by atoms with van der Waals surface area (Å²) in [7, 11) is 0. The van der Waals surface area contributed by atoms with Gasteiger partial charge in [0.1, 0.15) is 6.04 Å². The van der Waals surface area contributed by atoms with Crippen LogP contribution < -0.4 is 5.73 Å². The Kier molecular flexibility index (Phi) is 4.38. The monoisotopic (exact) mass is 247 g/mol. The fourth-order valence-electron chi connectivity index (χ4n) is 2.96. The number of nitriles is 1. The second-order valence-electron chi connectivity index (χ2n) is 5.34. The van der Waals surface area contributed by atoms with Gasteiger partial charge in [0.2, 0.25) is 5.91 Å². The van der Waals surface area contributed by atoms with Crippen LogP contribution in [0.4, 0.5) is 0 Å². The number of rotatable bonds is 3. The molecule has 0 aromatic heterocycles. The molecular formula is C14H21N3O. The van der Waals surface area contributed by atoms with Crippen LogP contribution in [0.5, 0.6) is 0 Å². The Morgan fingerprint density at radius 1 is 1.44 bits per heavy atom. The summed E-state index contributed by atoms with van der Waals surface area (Å²) in [5.74, 6) is 0.519. The van der Waals surface area contributed by atoms with Gasteiger partial charge in [-0.1, -0.05) is 38.2 Å². The molecule has 1 unspecified atom stereocenters. The van der Waals surface area contributed by atoms with Gasteiger partial charge in [0, 0.05) is 6.54 Å². The van der Waals surface area contributed by atoms with Crippen molar-refractivity contribution in [2.45, 2.75) is 50.6 Å². The van der Waals surface area contributed by atoms with Gasteiger partial charge in [-0.05, 0) is 18.4 Å². The van der Waals surface area contributed by atoms with Crippen LogP contribution in [0.3, 0.4) is 0 Å². The van der Waals surface area contributed by atoms with Crippen LogP contribution in [0.1, 0.15) is 38.5 Å². The van der Waals surface area contributed by atoms with Gasteiger partial charge in [-0.15, -0.1) is 0 Å². The van der Waals surface area contributed by atoms with Crippen molar-refractivity contribution in [2.75, 3.05) is 6.54 Å². The molecular weight excluding hydrogens is 226 g/mol. The van der Waals surface area contributed by atoms with E-state index in [1.807, 2.05) is 6.08 Å². The normalized spacial score (nSPS) is 26.0. The Morgan fingerprint density at radius 2 is 2.17 bits per heavy atom. The van der Waals surface area contributed by atoms with Gasteiger partial charge < -0.3 is 10.6 Å². The first-order valence-corrected chi connectivity index (χ1v) is 6.84. The van der Waals surface area contributed by atoms with Crippen LogP contribution in [-0.2, 0) is 4.79 Å². The smallest absolute Gasteiger partial charge is 0.241 e. The second kappa shape index (κ2) is 6.01. The SMILES string of the molecule is N#C[C@@H]1C=CCN1C(=O)C(N)CC1CCCCC1. The van der Waals surface area contributed by atoms with E-state index in [0.29, 0.717) is 12.5 Å². The molecule has 1 heterocycles. The Labute approximate surface area is 108 Å². The van der Waals surface area contributed by atoms with Crippen LogP contribution >= 0.6 is 0 Å². The maximum atomic E-state index is 12.2. The number of amides is 1.